The fraction of sp³-hybridized carbons (Fsp3) is 0.115. The van der Waals surface area contributed by atoms with Crippen molar-refractivity contribution in [2.24, 2.45) is 17.3 Å². The number of hydrogen-bond acceptors (Lipinski definition) is 6. The predicted molar refractivity (Wildman–Crippen MR) is 136 cm³/mol. The van der Waals surface area contributed by atoms with Gasteiger partial charge in [0.05, 0.1) is 36.3 Å². The smallest absolute Gasteiger partial charge is 0.211 e. The van der Waals surface area contributed by atoms with Crippen LogP contribution in [0.25, 0.3) is 27.2 Å². The van der Waals surface area contributed by atoms with Gasteiger partial charge in [-0.3, -0.25) is 0 Å². The Morgan fingerprint density at radius 3 is 2.44 bits per heavy atom. The molecular weight excluding hydrogens is 446 g/mol. The Morgan fingerprint density at radius 1 is 0.912 bits per heavy atom. The van der Waals surface area contributed by atoms with Crippen molar-refractivity contribution in [3.63, 3.8) is 0 Å². The van der Waals surface area contributed by atoms with Crippen LogP contribution in [0.1, 0.15) is 5.56 Å². The van der Waals surface area contributed by atoms with Crippen LogP contribution in [0.3, 0.4) is 0 Å². The monoisotopic (exact) mass is 469 g/mol. The highest BCUT2D eigenvalue weighted by atomic mass is 32.1. The van der Waals surface area contributed by atoms with Gasteiger partial charge in [-0.15, -0.1) is 5.10 Å². The molecule has 8 heteroatoms. The zero-order valence-electron chi connectivity index (χ0n) is 19.0. The van der Waals surface area contributed by atoms with Crippen LogP contribution in [0.2, 0.25) is 0 Å². The molecule has 5 rings (SSSR count). The zero-order chi connectivity index (χ0) is 23.5. The van der Waals surface area contributed by atoms with Gasteiger partial charge in [0.2, 0.25) is 4.80 Å². The zero-order valence-corrected chi connectivity index (χ0v) is 19.9. The van der Waals surface area contributed by atoms with Crippen LogP contribution < -0.4 is 14.3 Å². The van der Waals surface area contributed by atoms with E-state index in [-0.39, 0.29) is 0 Å². The molecular formula is C26H23N5O2S. The van der Waals surface area contributed by atoms with Gasteiger partial charge in [0.15, 0.2) is 11.5 Å². The molecule has 0 aliphatic rings. The number of aromatic nitrogens is 3. The highest BCUT2D eigenvalue weighted by molar-refractivity contribution is 7.16. The Balaban J connectivity index is 1.59. The molecule has 5 aromatic rings. The molecule has 0 amide bonds. The van der Waals surface area contributed by atoms with Gasteiger partial charge in [0.25, 0.3) is 0 Å². The molecule has 0 fully saturated rings. The van der Waals surface area contributed by atoms with E-state index in [2.05, 4.69) is 22.3 Å². The Hall–Kier alpha value is -4.17. The molecule has 0 saturated heterocycles. The quantitative estimate of drug-likeness (QED) is 0.258. The molecule has 0 N–H and O–H groups in total. The van der Waals surface area contributed by atoms with Crippen molar-refractivity contribution in [3.05, 3.63) is 89.4 Å². The number of para-hydroxylation sites is 2. The fourth-order valence-electron chi connectivity index (χ4n) is 3.72. The first-order valence-electron chi connectivity index (χ1n) is 10.7. The Labute approximate surface area is 200 Å². The summed E-state index contributed by atoms with van der Waals surface area (Å²) < 4.78 is 15.9. The third-order valence-corrected chi connectivity index (χ3v) is 6.58. The number of hydrogen-bond donors (Lipinski definition) is 0. The standard InChI is InChI=1S/C26H23N5O2S/c1-30-21-11-7-8-12-24(21)34-26(30)28-27-16-19-17-31(20-9-5-4-6-10-20)29-25(19)18-13-14-22(32-2)23(15-18)33-3/h4-17H,1-3H3/b27-16+,28-26+. The van der Waals surface area contributed by atoms with E-state index >= 15 is 0 Å². The van der Waals surface area contributed by atoms with E-state index in [9.17, 15) is 0 Å². The van der Waals surface area contributed by atoms with E-state index in [0.29, 0.717) is 11.5 Å². The number of aryl methyl sites for hydroxylation is 1. The van der Waals surface area contributed by atoms with Gasteiger partial charge in [0.1, 0.15) is 5.69 Å². The lowest BCUT2D eigenvalue weighted by Crippen LogP contribution is -2.08. The maximum Gasteiger partial charge on any atom is 0.211 e. The van der Waals surface area contributed by atoms with Crippen molar-refractivity contribution in [1.82, 2.24) is 14.3 Å². The van der Waals surface area contributed by atoms with Crippen LogP contribution in [0.15, 0.2) is 89.2 Å². The second kappa shape index (κ2) is 9.36. The molecule has 3 aromatic carbocycles. The van der Waals surface area contributed by atoms with Gasteiger partial charge in [0, 0.05) is 24.4 Å². The Morgan fingerprint density at radius 2 is 1.68 bits per heavy atom. The van der Waals surface area contributed by atoms with Crippen molar-refractivity contribution in [2.75, 3.05) is 14.2 Å². The Kier molecular flexibility index (Phi) is 5.97. The van der Waals surface area contributed by atoms with E-state index in [0.717, 1.165) is 32.8 Å². The third kappa shape index (κ3) is 4.11. The lowest BCUT2D eigenvalue weighted by molar-refractivity contribution is 0.355. The van der Waals surface area contributed by atoms with Gasteiger partial charge in [-0.2, -0.15) is 10.2 Å². The molecule has 170 valence electrons. The van der Waals surface area contributed by atoms with Crippen molar-refractivity contribution in [1.29, 1.82) is 0 Å². The number of methoxy groups -OCH3 is 2. The molecule has 0 saturated carbocycles. The summed E-state index contributed by atoms with van der Waals surface area (Å²) in [7, 11) is 5.24. The van der Waals surface area contributed by atoms with Crippen molar-refractivity contribution in [3.8, 4) is 28.4 Å². The average Bonchev–Trinajstić information content (AvgIpc) is 3.45. The summed E-state index contributed by atoms with van der Waals surface area (Å²) in [6.45, 7) is 0. The highest BCUT2D eigenvalue weighted by Gasteiger charge is 2.14. The van der Waals surface area contributed by atoms with Crippen molar-refractivity contribution in [2.45, 2.75) is 0 Å². The van der Waals surface area contributed by atoms with Crippen molar-refractivity contribution < 1.29 is 9.47 Å². The molecule has 0 aliphatic carbocycles. The van der Waals surface area contributed by atoms with E-state index in [1.807, 2.05) is 83.2 Å². The predicted octanol–water partition coefficient (Wildman–Crippen LogP) is 5.04. The van der Waals surface area contributed by atoms with Gasteiger partial charge >= 0.3 is 0 Å². The van der Waals surface area contributed by atoms with Crippen LogP contribution in [-0.2, 0) is 7.05 Å². The molecule has 0 atom stereocenters. The largest absolute Gasteiger partial charge is 0.493 e. The molecule has 0 aliphatic heterocycles. The van der Waals surface area contributed by atoms with Gasteiger partial charge in [-0.25, -0.2) is 4.68 Å². The molecule has 34 heavy (non-hydrogen) atoms. The second-order valence-corrected chi connectivity index (χ2v) is 8.55. The molecule has 2 aromatic heterocycles. The number of nitrogens with zero attached hydrogens (tertiary/aromatic N) is 5. The summed E-state index contributed by atoms with van der Waals surface area (Å²) in [5.74, 6) is 1.30. The molecule has 0 unspecified atom stereocenters. The Bertz CT molecular complexity index is 1550. The average molecular weight is 470 g/mol. The van der Waals surface area contributed by atoms with Crippen molar-refractivity contribution >= 4 is 27.8 Å². The summed E-state index contributed by atoms with van der Waals surface area (Å²) in [5.41, 5.74) is 4.58. The normalized spacial score (nSPS) is 12.0. The van der Waals surface area contributed by atoms with Gasteiger partial charge in [-0.1, -0.05) is 41.7 Å². The third-order valence-electron chi connectivity index (χ3n) is 5.48. The molecule has 0 radical (unpaired) electrons. The van der Waals surface area contributed by atoms with Crippen LogP contribution in [0, 0.1) is 0 Å². The summed E-state index contributed by atoms with van der Waals surface area (Å²) in [4.78, 5) is 0.820. The number of benzene rings is 3. The van der Waals surface area contributed by atoms with Crippen LogP contribution in [0.4, 0.5) is 0 Å². The maximum absolute atomic E-state index is 5.50. The number of rotatable bonds is 6. The minimum absolute atomic E-state index is 0.638. The maximum atomic E-state index is 5.50. The topological polar surface area (TPSA) is 65.9 Å². The second-order valence-electron chi connectivity index (χ2n) is 7.54. The summed E-state index contributed by atoms with van der Waals surface area (Å²) >= 11 is 1.60. The first-order valence-corrected chi connectivity index (χ1v) is 11.5. The molecule has 0 spiro atoms. The number of fused-ring (bicyclic) bond motifs is 1. The van der Waals surface area contributed by atoms with E-state index in [4.69, 9.17) is 14.6 Å². The van der Waals surface area contributed by atoms with Crippen LogP contribution in [0.5, 0.6) is 11.5 Å². The van der Waals surface area contributed by atoms with E-state index in [1.165, 1.54) is 4.70 Å². The fourth-order valence-corrected chi connectivity index (χ4v) is 4.70. The van der Waals surface area contributed by atoms with Gasteiger partial charge in [-0.05, 0) is 42.5 Å². The summed E-state index contributed by atoms with van der Waals surface area (Å²) in [6, 6.07) is 23.9. The van der Waals surface area contributed by atoms with Crippen LogP contribution >= 0.6 is 11.3 Å². The molecule has 2 heterocycles. The minimum Gasteiger partial charge on any atom is -0.493 e. The number of thiazole rings is 1. The van der Waals surface area contributed by atoms with Gasteiger partial charge < -0.3 is 14.0 Å². The summed E-state index contributed by atoms with van der Waals surface area (Å²) in [6.07, 6.45) is 3.69. The lowest BCUT2D eigenvalue weighted by Gasteiger charge is -2.08. The van der Waals surface area contributed by atoms with Crippen LogP contribution in [-0.4, -0.2) is 34.8 Å². The first-order chi connectivity index (χ1) is 16.7. The summed E-state index contributed by atoms with van der Waals surface area (Å²) in [5, 5.41) is 13.7. The highest BCUT2D eigenvalue weighted by Crippen LogP contribution is 2.33. The minimum atomic E-state index is 0.638. The molecule has 7 nitrogen and oxygen atoms in total. The first kappa shape index (κ1) is 21.7. The van der Waals surface area contributed by atoms with E-state index in [1.54, 1.807) is 31.8 Å². The van der Waals surface area contributed by atoms with E-state index < -0.39 is 0 Å². The molecule has 0 bridgehead atoms. The lowest BCUT2D eigenvalue weighted by atomic mass is 10.1. The number of ether oxygens (including phenoxy) is 2. The SMILES string of the molecule is COc1ccc(-c2nn(-c3ccccc3)cc2/C=N/N=c2/sc3ccccc3n2C)cc1OC.